The van der Waals surface area contributed by atoms with Gasteiger partial charge in [0.15, 0.2) is 5.41 Å². The van der Waals surface area contributed by atoms with Crippen molar-refractivity contribution in [1.82, 2.24) is 10.6 Å². The van der Waals surface area contributed by atoms with Crippen LogP contribution in [0.4, 0.5) is 21.9 Å². The van der Waals surface area contributed by atoms with Crippen LogP contribution in [0.1, 0.15) is 5.56 Å². The summed E-state index contributed by atoms with van der Waals surface area (Å²) in [5.41, 5.74) is 7.79. The summed E-state index contributed by atoms with van der Waals surface area (Å²) in [6.07, 6.45) is 0.166. The number of carbonyl (C=O) groups excluding carboxylic acids is 3. The largest absolute Gasteiger partial charge is 0.495 e. The summed E-state index contributed by atoms with van der Waals surface area (Å²) >= 11 is 0. The third kappa shape index (κ3) is 2.80. The molecule has 5 rings (SSSR count). The number of piperazine rings is 1. The number of fused-ring (bicyclic) bond motifs is 4. The van der Waals surface area contributed by atoms with Crippen LogP contribution in [-0.2, 0) is 16.0 Å². The average molecular weight is 421 g/mol. The number of methoxy groups -OCH3 is 1. The molecule has 9 nitrogen and oxygen atoms in total. The van der Waals surface area contributed by atoms with Gasteiger partial charge in [0.05, 0.1) is 18.8 Å². The second-order valence-electron chi connectivity index (χ2n) is 8.10. The number of amides is 4. The first-order chi connectivity index (χ1) is 14.9. The zero-order valence-corrected chi connectivity index (χ0v) is 17.1. The van der Waals surface area contributed by atoms with Gasteiger partial charge in [-0.25, -0.2) is 4.79 Å². The molecule has 0 aliphatic carbocycles. The number of barbiturate groups is 1. The second-order valence-corrected chi connectivity index (χ2v) is 8.10. The van der Waals surface area contributed by atoms with Gasteiger partial charge in [-0.3, -0.25) is 20.2 Å². The first kappa shape index (κ1) is 19.2. The third-order valence-corrected chi connectivity index (χ3v) is 6.52. The van der Waals surface area contributed by atoms with Gasteiger partial charge in [0, 0.05) is 31.0 Å². The quantitative estimate of drug-likeness (QED) is 0.487. The van der Waals surface area contributed by atoms with Gasteiger partial charge in [0.1, 0.15) is 5.75 Å². The van der Waals surface area contributed by atoms with Crippen LogP contribution >= 0.6 is 0 Å². The zero-order valence-electron chi connectivity index (χ0n) is 17.1. The number of urea groups is 1. The summed E-state index contributed by atoms with van der Waals surface area (Å²) in [5.74, 6) is -0.431. The second kappa shape index (κ2) is 6.90. The Balaban J connectivity index is 1.62. The van der Waals surface area contributed by atoms with Crippen molar-refractivity contribution in [1.29, 1.82) is 0 Å². The molecule has 3 aliphatic heterocycles. The van der Waals surface area contributed by atoms with Gasteiger partial charge < -0.3 is 20.3 Å². The summed E-state index contributed by atoms with van der Waals surface area (Å²) in [5, 5.41) is 4.63. The highest BCUT2D eigenvalue weighted by molar-refractivity contribution is 6.20. The van der Waals surface area contributed by atoms with Gasteiger partial charge in [-0.15, -0.1) is 0 Å². The number of imide groups is 2. The number of nitrogen functional groups attached to an aromatic ring is 1. The van der Waals surface area contributed by atoms with Crippen molar-refractivity contribution in [3.8, 4) is 5.75 Å². The monoisotopic (exact) mass is 421 g/mol. The highest BCUT2D eigenvalue weighted by Crippen LogP contribution is 2.46. The molecule has 4 amide bonds. The van der Waals surface area contributed by atoms with E-state index in [4.69, 9.17) is 10.5 Å². The molecular formula is C22H23N5O4. The van der Waals surface area contributed by atoms with Crippen LogP contribution in [0, 0.1) is 5.41 Å². The maximum atomic E-state index is 13.2. The van der Waals surface area contributed by atoms with Gasteiger partial charge in [0.2, 0.25) is 11.8 Å². The Labute approximate surface area is 179 Å². The molecule has 3 aliphatic rings. The number of hydrogen-bond donors (Lipinski definition) is 3. The molecule has 9 heteroatoms. The molecule has 160 valence electrons. The van der Waals surface area contributed by atoms with E-state index in [9.17, 15) is 14.4 Å². The fourth-order valence-corrected chi connectivity index (χ4v) is 5.08. The highest BCUT2D eigenvalue weighted by atomic mass is 16.5. The topological polar surface area (TPSA) is 117 Å². The fourth-order valence-electron chi connectivity index (χ4n) is 5.08. The minimum Gasteiger partial charge on any atom is -0.495 e. The van der Waals surface area contributed by atoms with E-state index in [0.717, 1.165) is 22.7 Å². The zero-order chi connectivity index (χ0) is 21.8. The molecule has 0 saturated carbocycles. The lowest BCUT2D eigenvalue weighted by Crippen LogP contribution is -2.74. The number of nitrogens with two attached hydrogens (primary N) is 1. The van der Waals surface area contributed by atoms with Crippen LogP contribution in [-0.4, -0.2) is 50.6 Å². The van der Waals surface area contributed by atoms with E-state index < -0.39 is 29.3 Å². The van der Waals surface area contributed by atoms with Gasteiger partial charge in [-0.1, -0.05) is 12.1 Å². The van der Waals surface area contributed by atoms with Crippen molar-refractivity contribution in [3.05, 3.63) is 48.0 Å². The number of nitrogens with one attached hydrogen (secondary N) is 2. The Bertz CT molecular complexity index is 1080. The van der Waals surface area contributed by atoms with E-state index in [0.29, 0.717) is 25.3 Å². The Hall–Kier alpha value is -3.75. The molecule has 4 N–H and O–H groups in total. The lowest BCUT2D eigenvalue weighted by molar-refractivity contribution is -0.146. The summed E-state index contributed by atoms with van der Waals surface area (Å²) < 4.78 is 5.52. The number of nitrogens with zero attached hydrogens (tertiary/aromatic N) is 2. The van der Waals surface area contributed by atoms with Crippen LogP contribution in [0.5, 0.6) is 5.75 Å². The number of ether oxygens (including phenoxy) is 1. The molecule has 1 atom stereocenters. The molecule has 2 saturated heterocycles. The average Bonchev–Trinajstić information content (AvgIpc) is 2.76. The van der Waals surface area contributed by atoms with Crippen LogP contribution in [0.25, 0.3) is 0 Å². The smallest absolute Gasteiger partial charge is 0.328 e. The molecule has 31 heavy (non-hydrogen) atoms. The molecule has 3 heterocycles. The van der Waals surface area contributed by atoms with Crippen LogP contribution in [0.2, 0.25) is 0 Å². The van der Waals surface area contributed by atoms with E-state index in [1.807, 2.05) is 36.4 Å². The first-order valence-electron chi connectivity index (χ1n) is 10.1. The van der Waals surface area contributed by atoms with Crippen molar-refractivity contribution >= 4 is 34.9 Å². The maximum absolute atomic E-state index is 13.2. The number of para-hydroxylation sites is 2. The minimum absolute atomic E-state index is 0.166. The molecule has 2 aromatic carbocycles. The summed E-state index contributed by atoms with van der Waals surface area (Å²) in [7, 11) is 1.62. The van der Waals surface area contributed by atoms with E-state index in [2.05, 4.69) is 20.4 Å². The summed E-state index contributed by atoms with van der Waals surface area (Å²) in [6.45, 7) is 1.69. The Kier molecular flexibility index (Phi) is 4.28. The van der Waals surface area contributed by atoms with Gasteiger partial charge >= 0.3 is 6.03 Å². The SMILES string of the molecule is COc1ccccc1N1CCN2c3ccc(N)cc3CC3(C(=O)NC(=O)NC3=O)[C@H]2C1. The van der Waals surface area contributed by atoms with Crippen LogP contribution in [0.3, 0.4) is 0 Å². The molecule has 0 bridgehead atoms. The van der Waals surface area contributed by atoms with Crippen molar-refractivity contribution < 1.29 is 19.1 Å². The Morgan fingerprint density at radius 3 is 2.52 bits per heavy atom. The van der Waals surface area contributed by atoms with Crippen molar-refractivity contribution in [2.45, 2.75) is 12.5 Å². The summed E-state index contributed by atoms with van der Waals surface area (Å²) in [6, 6.07) is 12.0. The number of benzene rings is 2. The predicted molar refractivity (Wildman–Crippen MR) is 115 cm³/mol. The van der Waals surface area contributed by atoms with E-state index >= 15 is 0 Å². The van der Waals surface area contributed by atoms with Gasteiger partial charge in [-0.2, -0.15) is 0 Å². The van der Waals surface area contributed by atoms with E-state index in [-0.39, 0.29) is 6.42 Å². The molecular weight excluding hydrogens is 398 g/mol. The Morgan fingerprint density at radius 1 is 1.03 bits per heavy atom. The minimum atomic E-state index is -1.45. The third-order valence-electron chi connectivity index (χ3n) is 6.52. The lowest BCUT2D eigenvalue weighted by Gasteiger charge is -2.54. The van der Waals surface area contributed by atoms with Crippen LogP contribution < -0.4 is 30.9 Å². The van der Waals surface area contributed by atoms with E-state index in [1.165, 1.54) is 0 Å². The number of rotatable bonds is 2. The molecule has 2 fully saturated rings. The van der Waals surface area contributed by atoms with Gasteiger partial charge in [-0.05, 0) is 42.3 Å². The van der Waals surface area contributed by atoms with Crippen molar-refractivity contribution in [2.75, 3.05) is 42.3 Å². The molecule has 0 radical (unpaired) electrons. The van der Waals surface area contributed by atoms with Crippen molar-refractivity contribution in [2.24, 2.45) is 5.41 Å². The molecule has 1 spiro atoms. The van der Waals surface area contributed by atoms with Crippen LogP contribution in [0.15, 0.2) is 42.5 Å². The number of carbonyl (C=O) groups is 3. The fraction of sp³-hybridized carbons (Fsp3) is 0.318. The highest BCUT2D eigenvalue weighted by Gasteiger charge is 2.60. The first-order valence-corrected chi connectivity index (χ1v) is 10.1. The standard InChI is InChI=1S/C22H23N5O4/c1-31-17-5-3-2-4-16(17)26-8-9-27-15-7-6-14(23)10-13(15)11-22(18(27)12-26)19(28)24-21(30)25-20(22)29/h2-7,10,18H,8-9,11-12,23H2,1H3,(H2,24,25,28,29,30)/t18-/m1/s1. The molecule has 0 unspecified atom stereocenters. The predicted octanol–water partition coefficient (Wildman–Crippen LogP) is 0.881. The maximum Gasteiger partial charge on any atom is 0.328 e. The normalized spacial score (nSPS) is 21.8. The number of hydrogen-bond acceptors (Lipinski definition) is 7. The van der Waals surface area contributed by atoms with E-state index in [1.54, 1.807) is 13.2 Å². The summed E-state index contributed by atoms with van der Waals surface area (Å²) in [4.78, 5) is 42.5. The van der Waals surface area contributed by atoms with Crippen molar-refractivity contribution in [3.63, 3.8) is 0 Å². The Morgan fingerprint density at radius 2 is 1.77 bits per heavy atom. The number of anilines is 3. The molecule has 0 aromatic heterocycles. The van der Waals surface area contributed by atoms with Gasteiger partial charge in [0.25, 0.3) is 0 Å². The lowest BCUT2D eigenvalue weighted by atomic mass is 9.68. The molecule has 2 aromatic rings.